The molecule has 1 heterocycles. The van der Waals surface area contributed by atoms with Gasteiger partial charge in [-0.05, 0) is 18.2 Å². The number of cyclic esters (lactones) is 1. The molecule has 0 aliphatic carbocycles. The summed E-state index contributed by atoms with van der Waals surface area (Å²) in [6, 6.07) is 14.8. The third-order valence-electron chi connectivity index (χ3n) is 5.25. The van der Waals surface area contributed by atoms with Gasteiger partial charge in [0.1, 0.15) is 30.0 Å². The van der Waals surface area contributed by atoms with Crippen molar-refractivity contribution in [1.82, 2.24) is 4.90 Å². The van der Waals surface area contributed by atoms with Crippen LogP contribution in [0.15, 0.2) is 72.8 Å². The molecule has 3 aromatic rings. The molecule has 1 atom stereocenters. The van der Waals surface area contributed by atoms with Crippen molar-refractivity contribution in [2.24, 2.45) is 5.73 Å². The molecule has 2 amide bonds. The van der Waals surface area contributed by atoms with E-state index in [1.807, 2.05) is 0 Å². The molecule has 0 saturated carbocycles. The highest BCUT2D eigenvalue weighted by Crippen LogP contribution is 2.53. The fourth-order valence-electron chi connectivity index (χ4n) is 4.06. The lowest BCUT2D eigenvalue weighted by molar-refractivity contribution is -0.118. The third-order valence-corrected chi connectivity index (χ3v) is 5.25. The molecule has 158 valence electrons. The van der Waals surface area contributed by atoms with E-state index in [1.165, 1.54) is 54.6 Å². The number of nitrogens with zero attached hydrogens (tertiary/aromatic N) is 1. The Morgan fingerprint density at radius 2 is 1.35 bits per heavy atom. The summed E-state index contributed by atoms with van der Waals surface area (Å²) in [5.41, 5.74) is 2.73. The number of hydrogen-bond donors (Lipinski definition) is 1. The first-order valence-electron chi connectivity index (χ1n) is 9.38. The number of ether oxygens (including phenoxy) is 1. The van der Waals surface area contributed by atoms with Crippen LogP contribution in [-0.2, 0) is 15.1 Å². The minimum atomic E-state index is -2.12. The van der Waals surface area contributed by atoms with Crippen LogP contribution in [0.1, 0.15) is 22.7 Å². The van der Waals surface area contributed by atoms with Crippen LogP contribution in [0.4, 0.5) is 18.0 Å². The van der Waals surface area contributed by atoms with Gasteiger partial charge in [0.05, 0.1) is 0 Å². The van der Waals surface area contributed by atoms with E-state index in [1.54, 1.807) is 0 Å². The summed E-state index contributed by atoms with van der Waals surface area (Å²) in [7, 11) is 0. The lowest BCUT2D eigenvalue weighted by atomic mass is 9.76. The standard InChI is InChI=1S/C23H17F3N2O3/c24-17-10-4-1-7-14(17)21-23(15-8-2-5-11-18(15)25,16-9-3-6-12-19(16)26)31-22(30)28(21)13-20(27)29/h1-12,21H,13H2,(H2,27,29). The van der Waals surface area contributed by atoms with Crippen molar-refractivity contribution in [2.75, 3.05) is 6.54 Å². The van der Waals surface area contributed by atoms with Gasteiger partial charge in [-0.25, -0.2) is 18.0 Å². The number of primary amides is 1. The van der Waals surface area contributed by atoms with Crippen LogP contribution in [0.2, 0.25) is 0 Å². The number of halogens is 3. The Morgan fingerprint density at radius 1 is 0.871 bits per heavy atom. The molecule has 0 aromatic heterocycles. The second-order valence-electron chi connectivity index (χ2n) is 7.08. The fraction of sp³-hybridized carbons (Fsp3) is 0.130. The van der Waals surface area contributed by atoms with Crippen LogP contribution in [0.3, 0.4) is 0 Å². The second kappa shape index (κ2) is 7.79. The Labute approximate surface area is 175 Å². The van der Waals surface area contributed by atoms with Crippen molar-refractivity contribution >= 4 is 12.0 Å². The van der Waals surface area contributed by atoms with Crippen molar-refractivity contribution in [1.29, 1.82) is 0 Å². The van der Waals surface area contributed by atoms with Crippen molar-refractivity contribution in [3.63, 3.8) is 0 Å². The minimum Gasteiger partial charge on any atom is -0.430 e. The first-order valence-corrected chi connectivity index (χ1v) is 9.38. The van der Waals surface area contributed by atoms with E-state index in [0.29, 0.717) is 0 Å². The largest absolute Gasteiger partial charge is 0.430 e. The monoisotopic (exact) mass is 426 g/mol. The smallest absolute Gasteiger partial charge is 0.412 e. The minimum absolute atomic E-state index is 0.0823. The highest BCUT2D eigenvalue weighted by atomic mass is 19.1. The van der Waals surface area contributed by atoms with Crippen LogP contribution in [-0.4, -0.2) is 23.4 Å². The van der Waals surface area contributed by atoms with Crippen molar-refractivity contribution in [3.8, 4) is 0 Å². The Morgan fingerprint density at radius 3 is 1.84 bits per heavy atom. The predicted octanol–water partition coefficient (Wildman–Crippen LogP) is 4.03. The van der Waals surface area contributed by atoms with Gasteiger partial charge in [-0.3, -0.25) is 9.69 Å². The predicted molar refractivity (Wildman–Crippen MR) is 105 cm³/mol. The van der Waals surface area contributed by atoms with Gasteiger partial charge in [0, 0.05) is 16.7 Å². The SMILES string of the molecule is NC(=O)CN1C(=O)OC(c2ccccc2F)(c2ccccc2F)C1c1ccccc1F. The highest BCUT2D eigenvalue weighted by molar-refractivity contribution is 5.83. The highest BCUT2D eigenvalue weighted by Gasteiger charge is 2.59. The molecule has 31 heavy (non-hydrogen) atoms. The number of carbonyl (C=O) groups excluding carboxylic acids is 2. The Bertz CT molecular complexity index is 1120. The number of carbonyl (C=O) groups is 2. The van der Waals surface area contributed by atoms with Crippen molar-refractivity contribution in [2.45, 2.75) is 11.6 Å². The second-order valence-corrected chi connectivity index (χ2v) is 7.08. The first-order chi connectivity index (χ1) is 14.9. The molecule has 1 saturated heterocycles. The quantitative estimate of drug-likeness (QED) is 0.670. The van der Waals surface area contributed by atoms with Gasteiger partial charge in [0.15, 0.2) is 5.60 Å². The maximum absolute atomic E-state index is 15.1. The summed E-state index contributed by atoms with van der Waals surface area (Å²) >= 11 is 0. The number of benzene rings is 3. The molecule has 3 aromatic carbocycles. The summed E-state index contributed by atoms with van der Waals surface area (Å²) in [6.45, 7) is -0.636. The first kappa shape index (κ1) is 20.5. The van der Waals surface area contributed by atoms with Crippen molar-refractivity contribution in [3.05, 3.63) is 107 Å². The molecule has 1 aliphatic rings. The third kappa shape index (κ3) is 3.30. The Kier molecular flexibility index (Phi) is 5.14. The van der Waals surface area contributed by atoms with Gasteiger partial charge in [0.2, 0.25) is 5.91 Å². The van der Waals surface area contributed by atoms with Gasteiger partial charge < -0.3 is 10.5 Å². The maximum Gasteiger partial charge on any atom is 0.412 e. The molecule has 1 fully saturated rings. The molecule has 1 aliphatic heterocycles. The topological polar surface area (TPSA) is 72.6 Å². The molecule has 1 unspecified atom stereocenters. The lowest BCUT2D eigenvalue weighted by Crippen LogP contribution is -2.42. The van der Waals surface area contributed by atoms with E-state index < -0.39 is 47.6 Å². The molecule has 4 rings (SSSR count). The summed E-state index contributed by atoms with van der Waals surface area (Å²) in [4.78, 5) is 25.5. The molecule has 5 nitrogen and oxygen atoms in total. The molecule has 0 spiro atoms. The summed E-state index contributed by atoms with van der Waals surface area (Å²) in [6.07, 6.45) is -1.06. The maximum atomic E-state index is 15.1. The summed E-state index contributed by atoms with van der Waals surface area (Å²) in [5.74, 6) is -3.21. The zero-order valence-electron chi connectivity index (χ0n) is 16.1. The number of nitrogens with two attached hydrogens (primary N) is 1. The van der Waals surface area contributed by atoms with Crippen molar-refractivity contribution < 1.29 is 27.5 Å². The number of hydrogen-bond acceptors (Lipinski definition) is 3. The van der Waals surface area contributed by atoms with Gasteiger partial charge in [0.25, 0.3) is 0 Å². The fourth-order valence-corrected chi connectivity index (χ4v) is 4.06. The van der Waals surface area contributed by atoms with E-state index in [4.69, 9.17) is 10.5 Å². The van der Waals surface area contributed by atoms with E-state index in [9.17, 15) is 14.0 Å². The summed E-state index contributed by atoms with van der Waals surface area (Å²) < 4.78 is 50.8. The molecule has 0 bridgehead atoms. The molecule has 2 N–H and O–H groups in total. The molecular weight excluding hydrogens is 409 g/mol. The van der Waals surface area contributed by atoms with Crippen LogP contribution in [0.25, 0.3) is 0 Å². The molecule has 0 radical (unpaired) electrons. The summed E-state index contributed by atoms with van der Waals surface area (Å²) in [5, 5.41) is 0. The lowest BCUT2D eigenvalue weighted by Gasteiger charge is -2.36. The van der Waals surface area contributed by atoms with Gasteiger partial charge >= 0.3 is 6.09 Å². The molecular formula is C23H17F3N2O3. The number of amides is 2. The van der Waals surface area contributed by atoms with Gasteiger partial charge in [-0.2, -0.15) is 0 Å². The molecule has 8 heteroatoms. The van der Waals surface area contributed by atoms with Gasteiger partial charge in [-0.15, -0.1) is 0 Å². The Balaban J connectivity index is 2.10. The van der Waals surface area contributed by atoms with Gasteiger partial charge in [-0.1, -0.05) is 54.6 Å². The van der Waals surface area contributed by atoms with E-state index in [2.05, 4.69) is 0 Å². The van der Waals surface area contributed by atoms with Crippen LogP contribution in [0, 0.1) is 17.5 Å². The Hall–Kier alpha value is -3.81. The van der Waals surface area contributed by atoms with E-state index in [0.717, 1.165) is 23.1 Å². The normalized spacial score (nSPS) is 17.5. The zero-order valence-corrected chi connectivity index (χ0v) is 16.1. The van der Waals surface area contributed by atoms with E-state index in [-0.39, 0.29) is 16.7 Å². The zero-order chi connectivity index (χ0) is 22.2. The average molecular weight is 426 g/mol. The van der Waals surface area contributed by atoms with E-state index >= 15 is 8.78 Å². The van der Waals surface area contributed by atoms with Crippen LogP contribution in [0.5, 0.6) is 0 Å². The number of rotatable bonds is 5. The van der Waals surface area contributed by atoms with Crippen LogP contribution < -0.4 is 5.73 Å². The van der Waals surface area contributed by atoms with Crippen LogP contribution >= 0.6 is 0 Å². The average Bonchev–Trinajstić information content (AvgIpc) is 3.01.